The summed E-state index contributed by atoms with van der Waals surface area (Å²) in [6, 6.07) is 4.27. The molecule has 1 heterocycles. The van der Waals surface area contributed by atoms with Crippen molar-refractivity contribution in [3.05, 3.63) is 21.9 Å². The first-order valence-corrected chi connectivity index (χ1v) is 8.22. The molecule has 3 heteroatoms. The number of rotatable bonds is 5. The van der Waals surface area contributed by atoms with E-state index in [1.165, 1.54) is 16.2 Å². The van der Waals surface area contributed by atoms with Crippen molar-refractivity contribution in [2.45, 2.75) is 58.8 Å². The molecule has 0 unspecified atom stereocenters. The van der Waals surface area contributed by atoms with Crippen molar-refractivity contribution >= 4 is 17.3 Å². The van der Waals surface area contributed by atoms with Crippen LogP contribution in [0.15, 0.2) is 12.1 Å². The maximum atomic E-state index is 11.8. The van der Waals surface area contributed by atoms with Gasteiger partial charge in [-0.2, -0.15) is 0 Å². The summed E-state index contributed by atoms with van der Waals surface area (Å²) >= 11 is 1.79. The fourth-order valence-corrected chi connectivity index (χ4v) is 4.25. The van der Waals surface area contributed by atoms with Crippen molar-refractivity contribution in [2.24, 2.45) is 11.3 Å². The van der Waals surface area contributed by atoms with Gasteiger partial charge >= 0.3 is 5.97 Å². The quantitative estimate of drug-likeness (QED) is 0.860. The molecule has 2 nitrogen and oxygen atoms in total. The summed E-state index contributed by atoms with van der Waals surface area (Å²) in [6.45, 7) is 4.36. The van der Waals surface area contributed by atoms with E-state index in [0.717, 1.165) is 44.4 Å². The van der Waals surface area contributed by atoms with E-state index >= 15 is 0 Å². The zero-order valence-corrected chi connectivity index (χ0v) is 12.8. The highest BCUT2D eigenvalue weighted by atomic mass is 32.1. The average Bonchev–Trinajstić information content (AvgIpc) is 2.87. The Morgan fingerprint density at radius 3 is 2.42 bits per heavy atom. The van der Waals surface area contributed by atoms with Crippen LogP contribution in [0.1, 0.15) is 55.7 Å². The van der Waals surface area contributed by atoms with E-state index in [1.54, 1.807) is 11.3 Å². The van der Waals surface area contributed by atoms with Gasteiger partial charge in [0.25, 0.3) is 0 Å². The monoisotopic (exact) mass is 280 g/mol. The van der Waals surface area contributed by atoms with Crippen LogP contribution in [0.25, 0.3) is 0 Å². The van der Waals surface area contributed by atoms with Gasteiger partial charge in [0.2, 0.25) is 0 Å². The van der Waals surface area contributed by atoms with E-state index in [2.05, 4.69) is 26.0 Å². The first kappa shape index (κ1) is 14.6. The van der Waals surface area contributed by atoms with Gasteiger partial charge in [-0.3, -0.25) is 4.79 Å². The van der Waals surface area contributed by atoms with Crippen LogP contribution in [0.3, 0.4) is 0 Å². The Morgan fingerprint density at radius 1 is 1.32 bits per heavy atom. The summed E-state index contributed by atoms with van der Waals surface area (Å²) in [7, 11) is 0. The fourth-order valence-electron chi connectivity index (χ4n) is 3.15. The summed E-state index contributed by atoms with van der Waals surface area (Å²) in [5.74, 6) is 0.149. The molecule has 0 saturated heterocycles. The molecule has 1 fully saturated rings. The minimum atomic E-state index is -0.589. The Morgan fingerprint density at radius 2 is 1.95 bits per heavy atom. The van der Waals surface area contributed by atoms with Gasteiger partial charge in [0, 0.05) is 9.75 Å². The second-order valence-corrected chi connectivity index (χ2v) is 7.09. The minimum Gasteiger partial charge on any atom is -0.481 e. The zero-order chi connectivity index (χ0) is 13.9. The molecule has 0 radical (unpaired) electrons. The van der Waals surface area contributed by atoms with Crippen molar-refractivity contribution < 1.29 is 9.90 Å². The lowest BCUT2D eigenvalue weighted by atomic mass is 9.68. The van der Waals surface area contributed by atoms with Crippen LogP contribution in [0.5, 0.6) is 0 Å². The standard InChI is InChI=1S/C16H24O2S/c1-3-12-7-9-16(10-8-12,15(17)18)11-14-6-5-13(4-2)19-14/h5-6,12H,3-4,7-11H2,1-2H3,(H,17,18). The number of hydrogen-bond acceptors (Lipinski definition) is 2. The van der Waals surface area contributed by atoms with Crippen LogP contribution in [-0.2, 0) is 17.6 Å². The first-order chi connectivity index (χ1) is 9.09. The molecule has 1 aliphatic carbocycles. The van der Waals surface area contributed by atoms with Gasteiger partial charge in [-0.15, -0.1) is 11.3 Å². The summed E-state index contributed by atoms with van der Waals surface area (Å²) in [4.78, 5) is 14.4. The van der Waals surface area contributed by atoms with Gasteiger partial charge in [-0.1, -0.05) is 20.3 Å². The molecule has 1 aromatic heterocycles. The van der Waals surface area contributed by atoms with Gasteiger partial charge in [-0.05, 0) is 56.6 Å². The molecule has 1 aliphatic rings. The van der Waals surface area contributed by atoms with Gasteiger partial charge < -0.3 is 5.11 Å². The number of thiophene rings is 1. The Kier molecular flexibility index (Phi) is 4.67. The molecule has 19 heavy (non-hydrogen) atoms. The van der Waals surface area contributed by atoms with Crippen molar-refractivity contribution in [1.82, 2.24) is 0 Å². The molecule has 1 aromatic rings. The van der Waals surface area contributed by atoms with E-state index in [9.17, 15) is 9.90 Å². The molecule has 0 spiro atoms. The average molecular weight is 280 g/mol. The lowest BCUT2D eigenvalue weighted by molar-refractivity contribution is -0.151. The Balaban J connectivity index is 2.10. The van der Waals surface area contributed by atoms with Crippen molar-refractivity contribution in [2.75, 3.05) is 0 Å². The second kappa shape index (κ2) is 6.08. The molecule has 0 bridgehead atoms. The van der Waals surface area contributed by atoms with Crippen LogP contribution in [0.4, 0.5) is 0 Å². The third kappa shape index (κ3) is 3.19. The maximum Gasteiger partial charge on any atom is 0.309 e. The molecule has 2 rings (SSSR count). The van der Waals surface area contributed by atoms with E-state index in [-0.39, 0.29) is 0 Å². The molecule has 106 valence electrons. The smallest absolute Gasteiger partial charge is 0.309 e. The number of aryl methyl sites for hydroxylation is 1. The summed E-state index contributed by atoms with van der Waals surface area (Å²) in [5, 5.41) is 9.68. The SMILES string of the molecule is CCc1ccc(CC2(C(=O)O)CCC(CC)CC2)s1. The number of aliphatic carboxylic acids is 1. The van der Waals surface area contributed by atoms with E-state index in [4.69, 9.17) is 0 Å². The molecule has 1 saturated carbocycles. The molecule has 1 N–H and O–H groups in total. The zero-order valence-electron chi connectivity index (χ0n) is 11.9. The highest BCUT2D eigenvalue weighted by Gasteiger charge is 2.41. The fraction of sp³-hybridized carbons (Fsp3) is 0.688. The van der Waals surface area contributed by atoms with Crippen LogP contribution in [0.2, 0.25) is 0 Å². The summed E-state index contributed by atoms with van der Waals surface area (Å²) in [6.07, 6.45) is 6.81. The molecule has 0 atom stereocenters. The van der Waals surface area contributed by atoms with E-state index in [0.29, 0.717) is 0 Å². The molecular weight excluding hydrogens is 256 g/mol. The number of carboxylic acid groups (broad SMARTS) is 1. The topological polar surface area (TPSA) is 37.3 Å². The Labute approximate surface area is 119 Å². The van der Waals surface area contributed by atoms with Gasteiger partial charge in [0.15, 0.2) is 0 Å². The Hall–Kier alpha value is -0.830. The normalized spacial score (nSPS) is 27.4. The van der Waals surface area contributed by atoms with Crippen molar-refractivity contribution in [3.63, 3.8) is 0 Å². The third-order valence-electron chi connectivity index (χ3n) is 4.67. The molecular formula is C16H24O2S. The van der Waals surface area contributed by atoms with Crippen molar-refractivity contribution in [3.8, 4) is 0 Å². The van der Waals surface area contributed by atoms with Crippen molar-refractivity contribution in [1.29, 1.82) is 0 Å². The van der Waals surface area contributed by atoms with E-state index < -0.39 is 11.4 Å². The summed E-state index contributed by atoms with van der Waals surface area (Å²) in [5.41, 5.74) is -0.498. The minimum absolute atomic E-state index is 0.498. The molecule has 0 aliphatic heterocycles. The van der Waals surface area contributed by atoms with Crippen LogP contribution < -0.4 is 0 Å². The van der Waals surface area contributed by atoms with Crippen LogP contribution >= 0.6 is 11.3 Å². The maximum absolute atomic E-state index is 11.8. The summed E-state index contributed by atoms with van der Waals surface area (Å²) < 4.78 is 0. The number of carboxylic acids is 1. The third-order valence-corrected chi connectivity index (χ3v) is 5.90. The largest absolute Gasteiger partial charge is 0.481 e. The Bertz CT molecular complexity index is 428. The predicted octanol–water partition coefficient (Wildman–Crippen LogP) is 4.52. The first-order valence-electron chi connectivity index (χ1n) is 7.40. The van der Waals surface area contributed by atoms with Gasteiger partial charge in [0.05, 0.1) is 5.41 Å². The lowest BCUT2D eigenvalue weighted by Crippen LogP contribution is -2.37. The highest BCUT2D eigenvalue weighted by molar-refractivity contribution is 7.12. The second-order valence-electron chi connectivity index (χ2n) is 5.84. The number of hydrogen-bond donors (Lipinski definition) is 1. The van der Waals surface area contributed by atoms with Crippen LogP contribution in [0, 0.1) is 11.3 Å². The molecule has 0 aromatic carbocycles. The predicted molar refractivity (Wildman–Crippen MR) is 79.7 cm³/mol. The molecule has 0 amide bonds. The highest BCUT2D eigenvalue weighted by Crippen LogP contribution is 2.43. The van der Waals surface area contributed by atoms with Crippen LogP contribution in [-0.4, -0.2) is 11.1 Å². The van der Waals surface area contributed by atoms with Gasteiger partial charge in [0.1, 0.15) is 0 Å². The van der Waals surface area contributed by atoms with Gasteiger partial charge in [-0.25, -0.2) is 0 Å². The van der Waals surface area contributed by atoms with E-state index in [1.807, 2.05) is 0 Å². The lowest BCUT2D eigenvalue weighted by Gasteiger charge is -2.36. The number of carbonyl (C=O) groups is 1.